The first-order chi connectivity index (χ1) is 8.09. The lowest BCUT2D eigenvalue weighted by molar-refractivity contribution is 0.0571. The third kappa shape index (κ3) is 2.50. The van der Waals surface area contributed by atoms with Gasteiger partial charge in [-0.15, -0.1) is 0 Å². The minimum atomic E-state index is 0.169. The summed E-state index contributed by atoms with van der Waals surface area (Å²) in [6.45, 7) is 6.76. The van der Waals surface area contributed by atoms with Gasteiger partial charge in [-0.05, 0) is 32.5 Å². The van der Waals surface area contributed by atoms with Crippen molar-refractivity contribution in [1.29, 1.82) is 0 Å². The second kappa shape index (κ2) is 4.88. The SMILES string of the molecule is Cc1ccccc1C(=O)N1CCN(C)C(C)C1. The molecule has 1 atom stereocenters. The highest BCUT2D eigenvalue weighted by Gasteiger charge is 2.25. The van der Waals surface area contributed by atoms with E-state index in [0.717, 1.165) is 30.8 Å². The van der Waals surface area contributed by atoms with Crippen molar-refractivity contribution in [3.8, 4) is 0 Å². The minimum absolute atomic E-state index is 0.169. The molecule has 92 valence electrons. The van der Waals surface area contributed by atoms with E-state index < -0.39 is 0 Å². The summed E-state index contributed by atoms with van der Waals surface area (Å²) in [7, 11) is 2.11. The fraction of sp³-hybridized carbons (Fsp3) is 0.500. The molecule has 1 aliphatic heterocycles. The fourth-order valence-corrected chi connectivity index (χ4v) is 2.22. The molecule has 1 heterocycles. The lowest BCUT2D eigenvalue weighted by atomic mass is 10.1. The predicted octanol–water partition coefficient (Wildman–Crippen LogP) is 1.77. The van der Waals surface area contributed by atoms with Gasteiger partial charge in [0.1, 0.15) is 0 Å². The number of likely N-dealkylation sites (N-methyl/N-ethyl adjacent to an activating group) is 1. The van der Waals surface area contributed by atoms with E-state index in [1.54, 1.807) is 0 Å². The van der Waals surface area contributed by atoms with E-state index in [-0.39, 0.29) is 5.91 Å². The van der Waals surface area contributed by atoms with Gasteiger partial charge in [-0.3, -0.25) is 4.79 Å². The van der Waals surface area contributed by atoms with E-state index in [0.29, 0.717) is 6.04 Å². The predicted molar refractivity (Wildman–Crippen MR) is 69.2 cm³/mol. The smallest absolute Gasteiger partial charge is 0.254 e. The first-order valence-corrected chi connectivity index (χ1v) is 6.14. The molecule has 1 amide bonds. The Morgan fingerprint density at radius 2 is 2.00 bits per heavy atom. The highest BCUT2D eigenvalue weighted by atomic mass is 16.2. The third-order valence-electron chi connectivity index (χ3n) is 3.62. The van der Waals surface area contributed by atoms with Gasteiger partial charge < -0.3 is 9.80 Å². The summed E-state index contributed by atoms with van der Waals surface area (Å²) in [6, 6.07) is 8.25. The Labute approximate surface area is 103 Å². The highest BCUT2D eigenvalue weighted by Crippen LogP contribution is 2.14. The van der Waals surface area contributed by atoms with Crippen LogP contribution in [0.4, 0.5) is 0 Å². The number of benzene rings is 1. The van der Waals surface area contributed by atoms with Crippen molar-refractivity contribution < 1.29 is 4.79 Å². The van der Waals surface area contributed by atoms with Gasteiger partial charge >= 0.3 is 0 Å². The zero-order valence-corrected chi connectivity index (χ0v) is 10.8. The average molecular weight is 232 g/mol. The molecule has 3 nitrogen and oxygen atoms in total. The molecule has 17 heavy (non-hydrogen) atoms. The van der Waals surface area contributed by atoms with Gasteiger partial charge in [0.15, 0.2) is 0 Å². The highest BCUT2D eigenvalue weighted by molar-refractivity contribution is 5.95. The number of carbonyl (C=O) groups excluding carboxylic acids is 1. The number of hydrogen-bond acceptors (Lipinski definition) is 2. The Balaban J connectivity index is 2.14. The molecule has 3 heteroatoms. The molecule has 0 saturated carbocycles. The lowest BCUT2D eigenvalue weighted by Gasteiger charge is -2.37. The second-order valence-electron chi connectivity index (χ2n) is 4.90. The third-order valence-corrected chi connectivity index (χ3v) is 3.62. The van der Waals surface area contributed by atoms with Crippen LogP contribution in [0.2, 0.25) is 0 Å². The Morgan fingerprint density at radius 1 is 1.29 bits per heavy atom. The quantitative estimate of drug-likeness (QED) is 0.737. The Kier molecular flexibility index (Phi) is 3.48. The molecule has 0 aromatic heterocycles. The standard InChI is InChI=1S/C14H20N2O/c1-11-6-4-5-7-13(11)14(17)16-9-8-15(3)12(2)10-16/h4-7,12H,8-10H2,1-3H3. The second-order valence-corrected chi connectivity index (χ2v) is 4.90. The minimum Gasteiger partial charge on any atom is -0.336 e. The molecule has 0 radical (unpaired) electrons. The van der Waals surface area contributed by atoms with E-state index in [9.17, 15) is 4.79 Å². The number of hydrogen-bond donors (Lipinski definition) is 0. The maximum atomic E-state index is 12.4. The van der Waals surface area contributed by atoms with Crippen molar-refractivity contribution in [2.75, 3.05) is 26.7 Å². The van der Waals surface area contributed by atoms with E-state index in [1.807, 2.05) is 36.1 Å². The molecule has 1 unspecified atom stereocenters. The summed E-state index contributed by atoms with van der Waals surface area (Å²) < 4.78 is 0. The van der Waals surface area contributed by atoms with E-state index in [1.165, 1.54) is 0 Å². The summed E-state index contributed by atoms with van der Waals surface area (Å²) in [6.07, 6.45) is 0. The molecule has 1 saturated heterocycles. The Bertz CT molecular complexity index is 416. The van der Waals surface area contributed by atoms with E-state index in [2.05, 4.69) is 18.9 Å². The molecule has 0 N–H and O–H groups in total. The summed E-state index contributed by atoms with van der Waals surface area (Å²) in [5, 5.41) is 0. The van der Waals surface area contributed by atoms with Gasteiger partial charge in [-0.25, -0.2) is 0 Å². The molecule has 0 bridgehead atoms. The molecule has 2 rings (SSSR count). The van der Waals surface area contributed by atoms with Gasteiger partial charge in [0, 0.05) is 31.2 Å². The molecule has 1 fully saturated rings. The van der Waals surface area contributed by atoms with Gasteiger partial charge in [0.2, 0.25) is 0 Å². The largest absolute Gasteiger partial charge is 0.336 e. The monoisotopic (exact) mass is 232 g/mol. The summed E-state index contributed by atoms with van der Waals surface area (Å²) >= 11 is 0. The molecule has 1 aliphatic rings. The van der Waals surface area contributed by atoms with Crippen molar-refractivity contribution in [3.05, 3.63) is 35.4 Å². The van der Waals surface area contributed by atoms with Crippen LogP contribution in [0.1, 0.15) is 22.8 Å². The van der Waals surface area contributed by atoms with Crippen LogP contribution in [0.15, 0.2) is 24.3 Å². The van der Waals surface area contributed by atoms with Crippen molar-refractivity contribution in [3.63, 3.8) is 0 Å². The molecule has 0 aliphatic carbocycles. The number of piperazine rings is 1. The van der Waals surface area contributed by atoms with Crippen molar-refractivity contribution >= 4 is 5.91 Å². The van der Waals surface area contributed by atoms with Crippen LogP contribution in [0.5, 0.6) is 0 Å². The van der Waals surface area contributed by atoms with Crippen molar-refractivity contribution in [1.82, 2.24) is 9.80 Å². The van der Waals surface area contributed by atoms with Gasteiger partial charge in [-0.2, -0.15) is 0 Å². The van der Waals surface area contributed by atoms with E-state index >= 15 is 0 Å². The Morgan fingerprint density at radius 3 is 2.65 bits per heavy atom. The van der Waals surface area contributed by atoms with Crippen LogP contribution in [-0.4, -0.2) is 48.4 Å². The van der Waals surface area contributed by atoms with Crippen molar-refractivity contribution in [2.24, 2.45) is 0 Å². The zero-order valence-electron chi connectivity index (χ0n) is 10.8. The topological polar surface area (TPSA) is 23.6 Å². The molecular formula is C14H20N2O. The van der Waals surface area contributed by atoms with Crippen LogP contribution in [0, 0.1) is 6.92 Å². The normalized spacial score (nSPS) is 21.6. The number of rotatable bonds is 1. The fourth-order valence-electron chi connectivity index (χ4n) is 2.22. The molecule has 0 spiro atoms. The summed E-state index contributed by atoms with van der Waals surface area (Å²) in [5.41, 5.74) is 1.90. The van der Waals surface area contributed by atoms with Gasteiger partial charge in [0.05, 0.1) is 0 Å². The van der Waals surface area contributed by atoms with E-state index in [4.69, 9.17) is 0 Å². The van der Waals surface area contributed by atoms with Crippen LogP contribution < -0.4 is 0 Å². The number of amides is 1. The molecule has 1 aromatic rings. The lowest BCUT2D eigenvalue weighted by Crippen LogP contribution is -2.52. The summed E-state index contributed by atoms with van der Waals surface area (Å²) in [4.78, 5) is 16.6. The van der Waals surface area contributed by atoms with Crippen LogP contribution in [0.3, 0.4) is 0 Å². The molecule has 1 aromatic carbocycles. The zero-order chi connectivity index (χ0) is 12.4. The first-order valence-electron chi connectivity index (χ1n) is 6.14. The number of carbonyl (C=O) groups is 1. The van der Waals surface area contributed by atoms with Crippen LogP contribution >= 0.6 is 0 Å². The van der Waals surface area contributed by atoms with Crippen molar-refractivity contribution in [2.45, 2.75) is 19.9 Å². The van der Waals surface area contributed by atoms with Crippen LogP contribution in [0.25, 0.3) is 0 Å². The number of aryl methyl sites for hydroxylation is 1. The molecular weight excluding hydrogens is 212 g/mol. The average Bonchev–Trinajstić information content (AvgIpc) is 2.32. The summed E-state index contributed by atoms with van der Waals surface area (Å²) in [5.74, 6) is 0.169. The van der Waals surface area contributed by atoms with Gasteiger partial charge in [0.25, 0.3) is 5.91 Å². The maximum absolute atomic E-state index is 12.4. The Hall–Kier alpha value is -1.35. The van der Waals surface area contributed by atoms with Gasteiger partial charge in [-0.1, -0.05) is 18.2 Å². The number of nitrogens with zero attached hydrogens (tertiary/aromatic N) is 2. The first kappa shape index (κ1) is 12.1. The van der Waals surface area contributed by atoms with Crippen LogP contribution in [-0.2, 0) is 0 Å². The maximum Gasteiger partial charge on any atom is 0.254 e.